The van der Waals surface area contributed by atoms with Gasteiger partial charge in [-0.3, -0.25) is 4.79 Å². The lowest BCUT2D eigenvalue weighted by Crippen LogP contribution is -2.36. The van der Waals surface area contributed by atoms with E-state index < -0.39 is 5.41 Å². The maximum absolute atomic E-state index is 13.0. The van der Waals surface area contributed by atoms with Gasteiger partial charge < -0.3 is 5.32 Å². The van der Waals surface area contributed by atoms with Crippen LogP contribution in [-0.4, -0.2) is 10.9 Å². The van der Waals surface area contributed by atoms with Crippen molar-refractivity contribution in [3.05, 3.63) is 35.5 Å². The first-order valence-electron chi connectivity index (χ1n) is 7.57. The minimum atomic E-state index is -0.931. The molecule has 2 aromatic rings. The molecule has 1 N–H and O–H groups in total. The van der Waals surface area contributed by atoms with Crippen molar-refractivity contribution < 1.29 is 9.18 Å². The molecule has 118 valence electrons. The maximum Gasteiger partial charge on any atom is 0.246 e. The molecule has 0 bridgehead atoms. The van der Waals surface area contributed by atoms with Gasteiger partial charge in [0, 0.05) is 10.9 Å². The fraction of sp³-hybridized carbons (Fsp3) is 0.353. The van der Waals surface area contributed by atoms with Gasteiger partial charge >= 0.3 is 0 Å². The van der Waals surface area contributed by atoms with Crippen molar-refractivity contribution in [2.45, 2.75) is 32.1 Å². The summed E-state index contributed by atoms with van der Waals surface area (Å²) in [5.74, 6) is -0.564. The van der Waals surface area contributed by atoms with Crippen LogP contribution in [0.1, 0.15) is 32.1 Å². The number of hydrogen-bond acceptors (Lipinski definition) is 4. The molecule has 4 nitrogen and oxygen atoms in total. The molecule has 1 aliphatic carbocycles. The van der Waals surface area contributed by atoms with Crippen LogP contribution in [0.4, 0.5) is 9.52 Å². The molecule has 1 fully saturated rings. The van der Waals surface area contributed by atoms with E-state index in [1.807, 2.05) is 5.38 Å². The third kappa shape index (κ3) is 3.25. The highest BCUT2D eigenvalue weighted by Gasteiger charge is 2.40. The summed E-state index contributed by atoms with van der Waals surface area (Å²) >= 11 is 1.30. The van der Waals surface area contributed by atoms with Gasteiger partial charge in [0.25, 0.3) is 0 Å². The summed E-state index contributed by atoms with van der Waals surface area (Å²) in [5, 5.41) is 14.5. The fourth-order valence-corrected chi connectivity index (χ4v) is 3.56. The quantitative estimate of drug-likeness (QED) is 0.909. The van der Waals surface area contributed by atoms with Gasteiger partial charge in [0.15, 0.2) is 5.13 Å². The zero-order valence-electron chi connectivity index (χ0n) is 12.5. The van der Waals surface area contributed by atoms with Crippen LogP contribution in [0.3, 0.4) is 0 Å². The van der Waals surface area contributed by atoms with Crippen molar-refractivity contribution in [3.8, 4) is 17.3 Å². The molecule has 1 amide bonds. The molecule has 1 heterocycles. The molecule has 1 aliphatic rings. The lowest BCUT2D eigenvalue weighted by Gasteiger charge is -2.28. The van der Waals surface area contributed by atoms with Crippen molar-refractivity contribution in [2.24, 2.45) is 5.41 Å². The van der Waals surface area contributed by atoms with Crippen LogP contribution in [0, 0.1) is 22.6 Å². The second kappa shape index (κ2) is 6.47. The fourth-order valence-electron chi connectivity index (χ4n) is 2.85. The Balaban J connectivity index is 1.75. The Morgan fingerprint density at radius 3 is 2.61 bits per heavy atom. The lowest BCUT2D eigenvalue weighted by atomic mass is 9.74. The second-order valence-corrected chi connectivity index (χ2v) is 6.61. The number of amides is 1. The number of rotatable bonds is 3. The van der Waals surface area contributed by atoms with Crippen molar-refractivity contribution in [2.75, 3.05) is 5.32 Å². The molecule has 0 unspecified atom stereocenters. The molecule has 6 heteroatoms. The standard InChI is InChI=1S/C17H16FN3OS/c18-13-6-4-12(5-7-13)14-10-23-16(20-14)21-15(22)17(11-19)8-2-1-3-9-17/h4-7,10H,1-3,8-9H2,(H,20,21,22). The zero-order valence-corrected chi connectivity index (χ0v) is 13.3. The van der Waals surface area contributed by atoms with Crippen LogP contribution in [0.5, 0.6) is 0 Å². The maximum atomic E-state index is 13.0. The molecule has 0 radical (unpaired) electrons. The van der Waals surface area contributed by atoms with E-state index in [-0.39, 0.29) is 11.7 Å². The average Bonchev–Trinajstić information content (AvgIpc) is 3.04. The Hall–Kier alpha value is -2.26. The van der Waals surface area contributed by atoms with Gasteiger partial charge in [0.1, 0.15) is 11.2 Å². The number of nitrogens with zero attached hydrogens (tertiary/aromatic N) is 2. The number of thiazole rings is 1. The number of hydrogen-bond donors (Lipinski definition) is 1. The van der Waals surface area contributed by atoms with Crippen LogP contribution in [-0.2, 0) is 4.79 Å². The molecular weight excluding hydrogens is 313 g/mol. The molecule has 0 spiro atoms. The van der Waals surface area contributed by atoms with E-state index in [4.69, 9.17) is 0 Å². The number of aromatic nitrogens is 1. The van der Waals surface area contributed by atoms with Crippen LogP contribution in [0.15, 0.2) is 29.6 Å². The van der Waals surface area contributed by atoms with Gasteiger partial charge in [-0.25, -0.2) is 9.37 Å². The number of carbonyl (C=O) groups excluding carboxylic acids is 1. The Kier molecular flexibility index (Phi) is 4.39. The number of carbonyl (C=O) groups is 1. The number of nitriles is 1. The molecule has 0 atom stereocenters. The summed E-state index contributed by atoms with van der Waals surface area (Å²) in [6.07, 6.45) is 4.08. The lowest BCUT2D eigenvalue weighted by molar-refractivity contribution is -0.124. The predicted octanol–water partition coefficient (Wildman–Crippen LogP) is 4.36. The number of halogens is 1. The summed E-state index contributed by atoms with van der Waals surface area (Å²) in [7, 11) is 0. The minimum Gasteiger partial charge on any atom is -0.301 e. The summed E-state index contributed by atoms with van der Waals surface area (Å²) in [6, 6.07) is 8.25. The van der Waals surface area contributed by atoms with Crippen molar-refractivity contribution in [3.63, 3.8) is 0 Å². The Labute approximate surface area is 138 Å². The van der Waals surface area contributed by atoms with E-state index in [0.29, 0.717) is 23.7 Å². The first-order chi connectivity index (χ1) is 11.1. The average molecular weight is 329 g/mol. The van der Waals surface area contributed by atoms with E-state index >= 15 is 0 Å². The normalized spacial score (nSPS) is 16.5. The Bertz CT molecular complexity index is 742. The largest absolute Gasteiger partial charge is 0.301 e. The highest BCUT2D eigenvalue weighted by Crippen LogP contribution is 2.37. The van der Waals surface area contributed by atoms with Gasteiger partial charge in [-0.1, -0.05) is 19.3 Å². The van der Waals surface area contributed by atoms with Gasteiger partial charge in [-0.2, -0.15) is 5.26 Å². The molecule has 0 saturated heterocycles. The van der Waals surface area contributed by atoms with Gasteiger partial charge in [-0.15, -0.1) is 11.3 Å². The van der Waals surface area contributed by atoms with Gasteiger partial charge in [0.2, 0.25) is 5.91 Å². The highest BCUT2D eigenvalue weighted by atomic mass is 32.1. The smallest absolute Gasteiger partial charge is 0.246 e. The van der Waals surface area contributed by atoms with E-state index in [1.54, 1.807) is 12.1 Å². The monoisotopic (exact) mass is 329 g/mol. The molecule has 23 heavy (non-hydrogen) atoms. The molecule has 1 aromatic heterocycles. The van der Waals surface area contributed by atoms with Crippen molar-refractivity contribution in [1.29, 1.82) is 5.26 Å². The Morgan fingerprint density at radius 1 is 1.26 bits per heavy atom. The predicted molar refractivity (Wildman–Crippen MR) is 87.3 cm³/mol. The molecule has 3 rings (SSSR count). The van der Waals surface area contributed by atoms with Crippen molar-refractivity contribution in [1.82, 2.24) is 4.98 Å². The topological polar surface area (TPSA) is 65.8 Å². The summed E-state index contributed by atoms with van der Waals surface area (Å²) in [4.78, 5) is 16.9. The molecule has 0 aliphatic heterocycles. The van der Waals surface area contributed by atoms with Gasteiger partial charge in [-0.05, 0) is 37.1 Å². The second-order valence-electron chi connectivity index (χ2n) is 5.75. The number of nitrogens with one attached hydrogen (secondary N) is 1. The van der Waals surface area contributed by atoms with E-state index in [1.165, 1.54) is 23.5 Å². The van der Waals surface area contributed by atoms with E-state index in [2.05, 4.69) is 16.4 Å². The first kappa shape index (κ1) is 15.6. The van der Waals surface area contributed by atoms with Crippen LogP contribution < -0.4 is 5.32 Å². The molecule has 1 saturated carbocycles. The van der Waals surface area contributed by atoms with E-state index in [9.17, 15) is 14.4 Å². The zero-order chi connectivity index (χ0) is 16.3. The molecule has 1 aromatic carbocycles. The molecular formula is C17H16FN3OS. The highest BCUT2D eigenvalue weighted by molar-refractivity contribution is 7.14. The van der Waals surface area contributed by atoms with E-state index in [0.717, 1.165) is 24.8 Å². The van der Waals surface area contributed by atoms with Crippen LogP contribution in [0.2, 0.25) is 0 Å². The van der Waals surface area contributed by atoms with Crippen LogP contribution in [0.25, 0.3) is 11.3 Å². The number of anilines is 1. The third-order valence-electron chi connectivity index (χ3n) is 4.22. The summed E-state index contributed by atoms with van der Waals surface area (Å²) in [5.41, 5.74) is 0.538. The number of benzene rings is 1. The summed E-state index contributed by atoms with van der Waals surface area (Å²) in [6.45, 7) is 0. The van der Waals surface area contributed by atoms with Gasteiger partial charge in [0.05, 0.1) is 11.8 Å². The third-order valence-corrected chi connectivity index (χ3v) is 4.98. The summed E-state index contributed by atoms with van der Waals surface area (Å²) < 4.78 is 13.0. The van der Waals surface area contributed by atoms with Crippen molar-refractivity contribution >= 4 is 22.4 Å². The Morgan fingerprint density at radius 2 is 1.96 bits per heavy atom. The van der Waals surface area contributed by atoms with Crippen LogP contribution >= 0.6 is 11.3 Å². The first-order valence-corrected chi connectivity index (χ1v) is 8.45. The minimum absolute atomic E-state index is 0.264. The SMILES string of the molecule is N#CC1(C(=O)Nc2nc(-c3ccc(F)cc3)cs2)CCCCC1.